The normalized spacial score (nSPS) is 19.7. The van der Waals surface area contributed by atoms with E-state index in [1.165, 1.54) is 0 Å². The summed E-state index contributed by atoms with van der Waals surface area (Å²) in [7, 11) is 0. The topological polar surface area (TPSA) is 111 Å². The Hall–Kier alpha value is -3.44. The third kappa shape index (κ3) is 5.01. The third-order valence-electron chi connectivity index (χ3n) is 6.75. The summed E-state index contributed by atoms with van der Waals surface area (Å²) in [4.78, 5) is 25.3. The van der Waals surface area contributed by atoms with E-state index in [2.05, 4.69) is 39.6 Å². The van der Waals surface area contributed by atoms with E-state index < -0.39 is 0 Å². The second-order valence-corrected chi connectivity index (χ2v) is 9.99. The summed E-state index contributed by atoms with van der Waals surface area (Å²) in [5.41, 5.74) is 5.96. The highest BCUT2D eigenvalue weighted by Gasteiger charge is 2.38. The summed E-state index contributed by atoms with van der Waals surface area (Å²) in [6, 6.07) is 15.3. The number of carbonyl (C=O) groups is 1. The van der Waals surface area contributed by atoms with Crippen LogP contribution in [-0.4, -0.2) is 10.7 Å². The molecule has 0 spiro atoms. The molecule has 2 unspecified atom stereocenters. The number of dihydropyridines is 1. The van der Waals surface area contributed by atoms with Crippen LogP contribution >= 0.6 is 15.9 Å². The zero-order valence-electron chi connectivity index (χ0n) is 19.9. The quantitative estimate of drug-likeness (QED) is 0.233. The van der Waals surface area contributed by atoms with Gasteiger partial charge in [0.25, 0.3) is 5.69 Å². The molecule has 0 bridgehead atoms. The van der Waals surface area contributed by atoms with E-state index in [0.29, 0.717) is 35.0 Å². The fourth-order valence-electron chi connectivity index (χ4n) is 5.13. The lowest BCUT2D eigenvalue weighted by molar-refractivity contribution is -0.475. The van der Waals surface area contributed by atoms with Gasteiger partial charge in [0, 0.05) is 46.2 Å². The number of benzene rings is 2. The fourth-order valence-corrected chi connectivity index (χ4v) is 5.67. The Morgan fingerprint density at radius 1 is 1.26 bits per heavy atom. The minimum atomic E-state index is -0.385. The number of Topliss-reactive ketones (excluding diaryl/α,β-unsaturated/α-hetero) is 1. The summed E-state index contributed by atoms with van der Waals surface area (Å²) in [5.74, 6) is 5.50. The third-order valence-corrected chi connectivity index (χ3v) is 7.41. The van der Waals surface area contributed by atoms with Crippen molar-refractivity contribution in [3.05, 3.63) is 85.5 Å². The van der Waals surface area contributed by atoms with E-state index in [1.807, 2.05) is 37.3 Å². The van der Waals surface area contributed by atoms with Gasteiger partial charge in [0.2, 0.25) is 0 Å². The molecule has 1 aliphatic heterocycles. The first-order valence-electron chi connectivity index (χ1n) is 11.8. The van der Waals surface area contributed by atoms with Crippen LogP contribution in [-0.2, 0) is 11.3 Å². The van der Waals surface area contributed by atoms with Crippen molar-refractivity contribution in [2.24, 2.45) is 11.8 Å². The number of hydrogen-bond acceptors (Lipinski definition) is 5. The van der Waals surface area contributed by atoms with E-state index in [9.17, 15) is 15.0 Å². The van der Waals surface area contributed by atoms with Crippen LogP contribution in [0.3, 0.4) is 0 Å². The Labute approximate surface area is 213 Å². The van der Waals surface area contributed by atoms with Crippen molar-refractivity contribution in [2.45, 2.75) is 52.0 Å². The Bertz CT molecular complexity index is 1290. The molecule has 0 saturated carbocycles. The molecule has 4 rings (SSSR count). The molecule has 0 aromatic heterocycles. The minimum Gasteiger partial charge on any atom is -0.380 e. The highest BCUT2D eigenvalue weighted by Crippen LogP contribution is 2.44. The van der Waals surface area contributed by atoms with Crippen LogP contribution in [0.2, 0.25) is 0 Å². The van der Waals surface area contributed by atoms with Gasteiger partial charge >= 0.3 is 0 Å². The van der Waals surface area contributed by atoms with Gasteiger partial charge in [-0.05, 0) is 59.3 Å². The predicted octanol–water partition coefficient (Wildman–Crippen LogP) is 5.86. The number of carbonyl (C=O) groups excluding carboxylic acids is 1. The average Bonchev–Trinajstić information content (AvgIpc) is 2.82. The SMILES string of the molecule is CCCC1CC(=O)C2=C(C1)NC(C)=C(C#N)C2c1ccc(NCc2ccccc2[N+](N)=O)c(Br)c1. The van der Waals surface area contributed by atoms with Crippen LogP contribution in [0.5, 0.6) is 0 Å². The van der Waals surface area contributed by atoms with Crippen LogP contribution in [0.15, 0.2) is 69.5 Å². The van der Waals surface area contributed by atoms with Crippen LogP contribution in [0, 0.1) is 22.2 Å². The number of nitriles is 1. The molecule has 0 amide bonds. The zero-order valence-corrected chi connectivity index (χ0v) is 21.5. The van der Waals surface area contributed by atoms with E-state index in [1.54, 1.807) is 12.1 Å². The maximum absolute atomic E-state index is 13.3. The van der Waals surface area contributed by atoms with E-state index in [-0.39, 0.29) is 11.7 Å². The molecule has 2 atom stereocenters. The summed E-state index contributed by atoms with van der Waals surface area (Å²) >= 11 is 3.65. The summed E-state index contributed by atoms with van der Waals surface area (Å²) in [6.45, 7) is 4.46. The van der Waals surface area contributed by atoms with Crippen molar-refractivity contribution in [3.63, 3.8) is 0 Å². The van der Waals surface area contributed by atoms with Crippen molar-refractivity contribution in [1.29, 1.82) is 5.26 Å². The van der Waals surface area contributed by atoms with Crippen molar-refractivity contribution in [1.82, 2.24) is 5.32 Å². The highest BCUT2D eigenvalue weighted by molar-refractivity contribution is 9.10. The number of rotatable bonds is 7. The first-order chi connectivity index (χ1) is 16.8. The average molecular weight is 535 g/mol. The number of hydrogen-bond donors (Lipinski definition) is 3. The van der Waals surface area contributed by atoms with Crippen LogP contribution in [0.4, 0.5) is 11.4 Å². The molecule has 7 nitrogen and oxygen atoms in total. The highest BCUT2D eigenvalue weighted by atomic mass is 79.9. The first kappa shape index (κ1) is 24.7. The van der Waals surface area contributed by atoms with Gasteiger partial charge < -0.3 is 10.6 Å². The number of nitrogens with two attached hydrogens (primary N) is 1. The molecule has 35 heavy (non-hydrogen) atoms. The Morgan fingerprint density at radius 2 is 2.03 bits per heavy atom. The lowest BCUT2D eigenvalue weighted by Gasteiger charge is -2.35. The second-order valence-electron chi connectivity index (χ2n) is 9.13. The molecule has 2 aromatic carbocycles. The molecule has 2 aliphatic rings. The molecule has 1 aliphatic carbocycles. The van der Waals surface area contributed by atoms with Gasteiger partial charge in [0.1, 0.15) is 0 Å². The monoisotopic (exact) mass is 534 g/mol. The number of para-hydroxylation sites is 1. The molecule has 4 N–H and O–H groups in total. The molecule has 0 fully saturated rings. The predicted molar refractivity (Wildman–Crippen MR) is 139 cm³/mol. The lowest BCUT2D eigenvalue weighted by atomic mass is 9.72. The molecular weight excluding hydrogens is 506 g/mol. The number of ketones is 1. The van der Waals surface area contributed by atoms with Crippen molar-refractivity contribution in [2.75, 3.05) is 5.32 Å². The van der Waals surface area contributed by atoms with Gasteiger partial charge in [-0.3, -0.25) is 4.79 Å². The van der Waals surface area contributed by atoms with E-state index >= 15 is 0 Å². The van der Waals surface area contributed by atoms with Gasteiger partial charge in [-0.1, -0.05) is 37.6 Å². The molecule has 0 saturated heterocycles. The summed E-state index contributed by atoms with van der Waals surface area (Å²) < 4.78 is 0.807. The largest absolute Gasteiger partial charge is 0.380 e. The maximum atomic E-state index is 13.3. The number of nitrogens with one attached hydrogen (secondary N) is 2. The number of nitrogens with zero attached hydrogens (tertiary/aromatic N) is 2. The number of halogens is 1. The van der Waals surface area contributed by atoms with E-state index in [0.717, 1.165) is 57.5 Å². The van der Waals surface area contributed by atoms with Crippen LogP contribution in [0.25, 0.3) is 0 Å². The number of hydrazine groups is 1. The standard InChI is InChI=1S/C27H28BrN5O2/c1-3-6-17-11-23-27(25(34)12-17)26(20(14-29)16(2)32-23)18-9-10-22(21(28)13-18)31-15-19-7-4-5-8-24(19)33(30)35/h4-5,7-10,13,17,26,31H,3,6,11-12,15H2,1-2H3,(H2-,30,32,34,35)/p+1. The number of nitroso groups, excluding NO2 is 1. The van der Waals surface area contributed by atoms with Gasteiger partial charge in [0.05, 0.1) is 28.0 Å². The Balaban J connectivity index is 1.64. The molecule has 180 valence electrons. The minimum absolute atomic E-state index is 0.126. The van der Waals surface area contributed by atoms with E-state index in [4.69, 9.17) is 5.84 Å². The Kier molecular flexibility index (Phi) is 7.37. The fraction of sp³-hybridized carbons (Fsp3) is 0.333. The maximum Gasteiger partial charge on any atom is 0.296 e. The molecule has 8 heteroatoms. The second kappa shape index (κ2) is 10.4. The molecular formula is C27H29BrN5O2+. The number of anilines is 1. The molecule has 0 radical (unpaired) electrons. The zero-order chi connectivity index (χ0) is 25.1. The summed E-state index contributed by atoms with van der Waals surface area (Å²) in [6.07, 6.45) is 3.43. The van der Waals surface area contributed by atoms with Crippen LogP contribution < -0.4 is 16.5 Å². The van der Waals surface area contributed by atoms with Crippen molar-refractivity contribution in [3.8, 4) is 6.07 Å². The lowest BCUT2D eigenvalue weighted by Crippen LogP contribution is -2.34. The smallest absolute Gasteiger partial charge is 0.296 e. The van der Waals surface area contributed by atoms with Crippen molar-refractivity contribution < 1.29 is 9.66 Å². The van der Waals surface area contributed by atoms with Gasteiger partial charge in [-0.2, -0.15) is 11.1 Å². The van der Waals surface area contributed by atoms with Gasteiger partial charge in [-0.15, -0.1) is 0 Å². The van der Waals surface area contributed by atoms with Crippen molar-refractivity contribution >= 4 is 33.1 Å². The van der Waals surface area contributed by atoms with Gasteiger partial charge in [0.15, 0.2) is 10.7 Å². The number of allylic oxidation sites excluding steroid dienone is 4. The summed E-state index contributed by atoms with van der Waals surface area (Å²) in [5, 5.41) is 16.7. The Morgan fingerprint density at radius 3 is 2.71 bits per heavy atom. The van der Waals surface area contributed by atoms with Crippen LogP contribution in [0.1, 0.15) is 56.6 Å². The van der Waals surface area contributed by atoms with Gasteiger partial charge in [-0.25, -0.2) is 0 Å². The molecule has 1 heterocycles. The molecule has 2 aromatic rings. The first-order valence-corrected chi connectivity index (χ1v) is 12.6.